The maximum absolute atomic E-state index is 13.0. The van der Waals surface area contributed by atoms with E-state index in [0.29, 0.717) is 25.7 Å². The number of aliphatic hydroxyl groups is 1. The summed E-state index contributed by atoms with van der Waals surface area (Å²) in [7, 11) is -9.88. The number of aliphatic hydroxyl groups excluding tert-OH is 1. The van der Waals surface area contributed by atoms with Crippen molar-refractivity contribution in [3.63, 3.8) is 0 Å². The minimum atomic E-state index is -4.94. The first-order valence-electron chi connectivity index (χ1n) is 33.0. The molecule has 0 radical (unpaired) electrons. The molecule has 3 N–H and O–H groups in total. The number of carbonyl (C=O) groups is 4. The summed E-state index contributed by atoms with van der Waals surface area (Å²) in [5.41, 5.74) is 0. The number of esters is 4. The van der Waals surface area contributed by atoms with E-state index in [1.165, 1.54) is 128 Å². The highest BCUT2D eigenvalue weighted by atomic mass is 31.2. The van der Waals surface area contributed by atoms with Gasteiger partial charge in [0.15, 0.2) is 12.2 Å². The van der Waals surface area contributed by atoms with Crippen molar-refractivity contribution in [2.24, 2.45) is 11.8 Å². The molecule has 0 aliphatic carbocycles. The Hall–Kier alpha value is -1.94. The van der Waals surface area contributed by atoms with Gasteiger partial charge >= 0.3 is 39.5 Å². The fourth-order valence-electron chi connectivity index (χ4n) is 9.32. The number of ether oxygens (including phenoxy) is 4. The molecule has 486 valence electrons. The van der Waals surface area contributed by atoms with Crippen molar-refractivity contribution in [3.8, 4) is 0 Å². The Morgan fingerprint density at radius 3 is 0.927 bits per heavy atom. The molecule has 0 saturated heterocycles. The monoisotopic (exact) mass is 1210 g/mol. The maximum atomic E-state index is 13.0. The first kappa shape index (κ1) is 80.1. The van der Waals surface area contributed by atoms with Gasteiger partial charge in [0.05, 0.1) is 26.4 Å². The quantitative estimate of drug-likeness (QED) is 0.0222. The maximum Gasteiger partial charge on any atom is 0.472 e. The number of phosphoric acid groups is 2. The molecule has 0 aromatic carbocycles. The molecule has 0 aromatic heterocycles. The van der Waals surface area contributed by atoms with Crippen LogP contribution in [0.2, 0.25) is 0 Å². The predicted molar refractivity (Wildman–Crippen MR) is 326 cm³/mol. The summed E-state index contributed by atoms with van der Waals surface area (Å²) in [6.07, 6.45) is 37.6. The Kier molecular flexibility index (Phi) is 54.3. The molecule has 17 nitrogen and oxygen atoms in total. The van der Waals surface area contributed by atoms with Gasteiger partial charge in [-0.2, -0.15) is 0 Å². The Labute approximate surface area is 498 Å². The second-order valence-electron chi connectivity index (χ2n) is 23.5. The van der Waals surface area contributed by atoms with Gasteiger partial charge < -0.3 is 33.8 Å². The molecular weight excluding hydrogens is 1090 g/mol. The van der Waals surface area contributed by atoms with Crippen LogP contribution in [-0.4, -0.2) is 96.7 Å². The largest absolute Gasteiger partial charge is 0.472 e. The highest BCUT2D eigenvalue weighted by Gasteiger charge is 2.30. The lowest BCUT2D eigenvalue weighted by Crippen LogP contribution is -2.30. The average Bonchev–Trinajstić information content (AvgIpc) is 3.46. The highest BCUT2D eigenvalue weighted by Crippen LogP contribution is 2.45. The predicted octanol–water partition coefficient (Wildman–Crippen LogP) is 17.3. The first-order chi connectivity index (χ1) is 39.4. The molecule has 0 aromatic rings. The van der Waals surface area contributed by atoms with E-state index in [0.717, 1.165) is 102 Å². The molecule has 0 saturated carbocycles. The lowest BCUT2D eigenvalue weighted by Gasteiger charge is -2.21. The molecule has 0 amide bonds. The normalized spacial score (nSPS) is 14.7. The van der Waals surface area contributed by atoms with Gasteiger partial charge in [-0.1, -0.05) is 260 Å². The Morgan fingerprint density at radius 2 is 0.622 bits per heavy atom. The molecule has 0 aliphatic rings. The molecule has 3 unspecified atom stereocenters. The zero-order chi connectivity index (χ0) is 60.8. The number of unbranched alkanes of at least 4 members (excludes halogenated alkanes) is 31. The third-order valence-electron chi connectivity index (χ3n) is 14.8. The van der Waals surface area contributed by atoms with Gasteiger partial charge in [-0.3, -0.25) is 37.3 Å². The Morgan fingerprint density at radius 1 is 0.354 bits per heavy atom. The van der Waals surface area contributed by atoms with Crippen LogP contribution in [0.5, 0.6) is 0 Å². The fourth-order valence-corrected chi connectivity index (χ4v) is 10.9. The Balaban J connectivity index is 5.25. The average molecular weight is 1210 g/mol. The molecule has 19 heteroatoms. The number of carbonyl (C=O) groups excluding carboxylic acids is 4. The molecular formula is C63H122O17P2. The van der Waals surface area contributed by atoms with Crippen molar-refractivity contribution < 1.29 is 80.2 Å². The van der Waals surface area contributed by atoms with Gasteiger partial charge in [-0.15, -0.1) is 0 Å². The van der Waals surface area contributed by atoms with Crippen LogP contribution in [-0.2, 0) is 65.4 Å². The SMILES string of the molecule is CCCCCCCCCCCCCCC(=O)O[C@H](COC(=O)CCCCCCCCCCC(C)C)COP(=O)(O)OC[C@@H](O)COP(=O)(O)OC[C@@H](COC(=O)CCCCCCCCCCC)OC(=O)CCCCCCCCC(C)CC. The zero-order valence-electron chi connectivity index (χ0n) is 52.8. The minimum absolute atomic E-state index is 0.103. The second kappa shape index (κ2) is 55.6. The van der Waals surface area contributed by atoms with Crippen LogP contribution in [0.15, 0.2) is 0 Å². The third-order valence-corrected chi connectivity index (χ3v) is 16.7. The first-order valence-corrected chi connectivity index (χ1v) is 36.0. The minimum Gasteiger partial charge on any atom is -0.462 e. The van der Waals surface area contributed by atoms with Crippen molar-refractivity contribution in [2.45, 2.75) is 330 Å². The van der Waals surface area contributed by atoms with E-state index in [4.69, 9.17) is 37.0 Å². The molecule has 0 bridgehead atoms. The van der Waals surface area contributed by atoms with Crippen molar-refractivity contribution in [2.75, 3.05) is 39.6 Å². The van der Waals surface area contributed by atoms with E-state index in [-0.39, 0.29) is 25.7 Å². The second-order valence-corrected chi connectivity index (χ2v) is 26.4. The highest BCUT2D eigenvalue weighted by molar-refractivity contribution is 7.47. The van der Waals surface area contributed by atoms with E-state index in [1.807, 2.05) is 0 Å². The van der Waals surface area contributed by atoms with E-state index >= 15 is 0 Å². The third kappa shape index (κ3) is 55.9. The molecule has 0 aliphatic heterocycles. The van der Waals surface area contributed by atoms with E-state index in [9.17, 15) is 43.2 Å². The number of rotatable bonds is 62. The van der Waals surface area contributed by atoms with Crippen LogP contribution < -0.4 is 0 Å². The van der Waals surface area contributed by atoms with Gasteiger partial charge in [-0.25, -0.2) is 9.13 Å². The Bertz CT molecular complexity index is 1620. The van der Waals surface area contributed by atoms with Crippen LogP contribution in [0.1, 0.15) is 311 Å². The smallest absolute Gasteiger partial charge is 0.462 e. The summed E-state index contributed by atoms with van der Waals surface area (Å²) in [6, 6.07) is 0. The molecule has 82 heavy (non-hydrogen) atoms. The summed E-state index contributed by atoms with van der Waals surface area (Å²) in [5.74, 6) is -0.691. The summed E-state index contributed by atoms with van der Waals surface area (Å²) in [5, 5.41) is 10.5. The zero-order valence-corrected chi connectivity index (χ0v) is 54.6. The van der Waals surface area contributed by atoms with Crippen LogP contribution in [0, 0.1) is 11.8 Å². The molecule has 0 spiro atoms. The van der Waals surface area contributed by atoms with E-state index in [2.05, 4.69) is 41.5 Å². The number of hydrogen-bond donors (Lipinski definition) is 3. The standard InChI is InChI=1S/C63H122O17P2/c1-7-10-12-14-16-18-19-20-22-28-35-41-47-62(67)79-58(51-74-61(66)46-40-34-27-24-23-25-31-37-43-55(4)5)53-77-81(69,70)75-49-57(64)50-76-82(71,72)78-54-59(52-73-60(65)45-39-33-26-21-17-15-13-11-8-2)80-63(68)48-42-36-30-29-32-38-44-56(6)9-3/h55-59,64H,7-54H2,1-6H3,(H,69,70)(H,71,72)/t56?,57-,58-,59-/m1/s1. The van der Waals surface area contributed by atoms with E-state index < -0.39 is 97.5 Å². The molecule has 0 heterocycles. The number of hydrogen-bond acceptors (Lipinski definition) is 15. The van der Waals surface area contributed by atoms with E-state index in [1.54, 1.807) is 0 Å². The van der Waals surface area contributed by atoms with Crippen LogP contribution in [0.25, 0.3) is 0 Å². The van der Waals surface area contributed by atoms with Gasteiger partial charge in [0.25, 0.3) is 0 Å². The molecule has 0 fully saturated rings. The van der Waals surface area contributed by atoms with Crippen molar-refractivity contribution in [1.82, 2.24) is 0 Å². The van der Waals surface area contributed by atoms with Crippen LogP contribution >= 0.6 is 15.6 Å². The lowest BCUT2D eigenvalue weighted by molar-refractivity contribution is -0.161. The van der Waals surface area contributed by atoms with Gasteiger partial charge in [0, 0.05) is 25.7 Å². The van der Waals surface area contributed by atoms with Crippen molar-refractivity contribution in [1.29, 1.82) is 0 Å². The summed E-state index contributed by atoms with van der Waals surface area (Å²) in [4.78, 5) is 72.1. The topological polar surface area (TPSA) is 237 Å². The van der Waals surface area contributed by atoms with Gasteiger partial charge in [0.2, 0.25) is 0 Å². The van der Waals surface area contributed by atoms with Crippen LogP contribution in [0.3, 0.4) is 0 Å². The number of phosphoric ester groups is 2. The van der Waals surface area contributed by atoms with Crippen LogP contribution in [0.4, 0.5) is 0 Å². The summed E-state index contributed by atoms with van der Waals surface area (Å²) < 4.78 is 67.9. The molecule has 0 rings (SSSR count). The van der Waals surface area contributed by atoms with Crippen molar-refractivity contribution in [3.05, 3.63) is 0 Å². The molecule has 6 atom stereocenters. The summed E-state index contributed by atoms with van der Waals surface area (Å²) >= 11 is 0. The fraction of sp³-hybridized carbons (Fsp3) is 0.937. The van der Waals surface area contributed by atoms with Gasteiger partial charge in [0.1, 0.15) is 19.3 Å². The van der Waals surface area contributed by atoms with Gasteiger partial charge in [-0.05, 0) is 37.5 Å². The lowest BCUT2D eigenvalue weighted by atomic mass is 10.00. The van der Waals surface area contributed by atoms with Crippen molar-refractivity contribution >= 4 is 39.5 Å². The summed E-state index contributed by atoms with van der Waals surface area (Å²) in [6.45, 7) is 9.39.